The minimum absolute atomic E-state index is 0.0551. The molecule has 0 fully saturated rings. The Labute approximate surface area is 202 Å². The van der Waals surface area contributed by atoms with Gasteiger partial charge in [0.25, 0.3) is 10.0 Å². The van der Waals surface area contributed by atoms with E-state index in [-0.39, 0.29) is 5.03 Å². The highest BCUT2D eigenvalue weighted by molar-refractivity contribution is 7.92. The van der Waals surface area contributed by atoms with E-state index in [0.717, 1.165) is 5.56 Å². The Morgan fingerprint density at radius 1 is 0.914 bits per heavy atom. The average molecular weight is 497 g/mol. The maximum atomic E-state index is 12.5. The van der Waals surface area contributed by atoms with Gasteiger partial charge in [0.05, 0.1) is 45.7 Å². The zero-order chi connectivity index (χ0) is 25.0. The van der Waals surface area contributed by atoms with Gasteiger partial charge in [0.15, 0.2) is 16.5 Å². The molecule has 0 saturated carbocycles. The van der Waals surface area contributed by atoms with Crippen molar-refractivity contribution < 1.29 is 22.6 Å². The second-order valence-electron chi connectivity index (χ2n) is 7.39. The Hall–Kier alpha value is -4.32. The van der Waals surface area contributed by atoms with Crippen LogP contribution >= 0.6 is 0 Å². The van der Waals surface area contributed by atoms with E-state index in [1.165, 1.54) is 19.6 Å². The van der Waals surface area contributed by atoms with Crippen LogP contribution in [0.15, 0.2) is 66.3 Å². The number of imidazole rings is 1. The van der Waals surface area contributed by atoms with E-state index in [4.69, 9.17) is 14.2 Å². The quantitative estimate of drug-likeness (QED) is 0.358. The standard InChI is InChI=1S/C23H24N6O5S/c1-29-13-22(25-14-29)35(30,31)28-16-7-5-15(6-8-16)18-11-24-12-21(27-18)26-17-9-19(32-2)23(34-4)20(10-17)33-3/h5-14,28H,1-4H3,(H,26,27). The number of hydrogen-bond acceptors (Lipinski definition) is 9. The first-order valence-corrected chi connectivity index (χ1v) is 11.8. The van der Waals surface area contributed by atoms with E-state index in [0.29, 0.717) is 40.1 Å². The molecule has 2 aromatic carbocycles. The van der Waals surface area contributed by atoms with Crippen LogP contribution in [0, 0.1) is 0 Å². The topological polar surface area (TPSA) is 129 Å². The predicted octanol–water partition coefficient (Wildman–Crippen LogP) is 3.45. The average Bonchev–Trinajstić information content (AvgIpc) is 3.31. The second-order valence-corrected chi connectivity index (χ2v) is 9.02. The summed E-state index contributed by atoms with van der Waals surface area (Å²) in [6.07, 6.45) is 6.06. The van der Waals surface area contributed by atoms with Crippen LogP contribution in [0.1, 0.15) is 0 Å². The van der Waals surface area contributed by atoms with Gasteiger partial charge in [-0.1, -0.05) is 12.1 Å². The van der Waals surface area contributed by atoms with Crippen LogP contribution in [0.25, 0.3) is 11.3 Å². The Balaban J connectivity index is 1.53. The van der Waals surface area contributed by atoms with Crippen molar-refractivity contribution in [2.75, 3.05) is 31.4 Å². The van der Waals surface area contributed by atoms with Gasteiger partial charge in [-0.3, -0.25) is 9.71 Å². The molecule has 0 spiro atoms. The van der Waals surface area contributed by atoms with Crippen molar-refractivity contribution >= 4 is 27.2 Å². The Bertz CT molecular complexity index is 1410. The maximum Gasteiger partial charge on any atom is 0.280 e. The molecule has 12 heteroatoms. The number of ether oxygens (including phenoxy) is 3. The Kier molecular flexibility index (Phi) is 6.73. The number of sulfonamides is 1. The molecule has 2 N–H and O–H groups in total. The lowest BCUT2D eigenvalue weighted by molar-refractivity contribution is 0.324. The van der Waals surface area contributed by atoms with Gasteiger partial charge in [-0.2, -0.15) is 8.42 Å². The minimum atomic E-state index is -3.78. The summed E-state index contributed by atoms with van der Waals surface area (Å²) >= 11 is 0. The summed E-state index contributed by atoms with van der Waals surface area (Å²) in [4.78, 5) is 12.8. The molecule has 2 heterocycles. The summed E-state index contributed by atoms with van der Waals surface area (Å²) in [7, 11) is 2.55. The summed E-state index contributed by atoms with van der Waals surface area (Å²) in [5.74, 6) is 1.99. The van der Waals surface area contributed by atoms with E-state index in [1.807, 2.05) is 0 Å². The molecule has 0 radical (unpaired) electrons. The van der Waals surface area contributed by atoms with Crippen LogP contribution in [-0.4, -0.2) is 49.3 Å². The molecular formula is C23H24N6O5S. The van der Waals surface area contributed by atoms with Crippen molar-refractivity contribution in [3.8, 4) is 28.5 Å². The Morgan fingerprint density at radius 3 is 2.17 bits per heavy atom. The molecule has 0 amide bonds. The molecule has 182 valence electrons. The van der Waals surface area contributed by atoms with Crippen molar-refractivity contribution in [3.63, 3.8) is 0 Å². The summed E-state index contributed by atoms with van der Waals surface area (Å²) in [5.41, 5.74) is 2.43. The number of nitrogens with one attached hydrogen (secondary N) is 2. The van der Waals surface area contributed by atoms with E-state index in [9.17, 15) is 8.42 Å². The van der Waals surface area contributed by atoms with Crippen LogP contribution in [0.3, 0.4) is 0 Å². The van der Waals surface area contributed by atoms with Crippen molar-refractivity contribution in [2.24, 2.45) is 7.05 Å². The predicted molar refractivity (Wildman–Crippen MR) is 131 cm³/mol. The number of aromatic nitrogens is 4. The van der Waals surface area contributed by atoms with Gasteiger partial charge in [-0.15, -0.1) is 0 Å². The van der Waals surface area contributed by atoms with Crippen molar-refractivity contribution in [1.29, 1.82) is 0 Å². The number of benzene rings is 2. The number of rotatable bonds is 9. The highest BCUT2D eigenvalue weighted by Gasteiger charge is 2.17. The molecule has 4 rings (SSSR count). The summed E-state index contributed by atoms with van der Waals surface area (Å²) < 4.78 is 45.2. The smallest absolute Gasteiger partial charge is 0.280 e. The first-order valence-electron chi connectivity index (χ1n) is 10.3. The molecule has 0 aliphatic heterocycles. The molecule has 0 aliphatic rings. The van der Waals surface area contributed by atoms with Crippen molar-refractivity contribution in [2.45, 2.75) is 5.03 Å². The van der Waals surface area contributed by atoms with Gasteiger partial charge in [0.2, 0.25) is 5.75 Å². The van der Waals surface area contributed by atoms with Crippen LogP contribution in [-0.2, 0) is 17.1 Å². The van der Waals surface area contributed by atoms with Crippen LogP contribution in [0.4, 0.5) is 17.2 Å². The third-order valence-corrected chi connectivity index (χ3v) is 6.23. The molecule has 0 bridgehead atoms. The Morgan fingerprint density at radius 2 is 1.60 bits per heavy atom. The van der Waals surface area contributed by atoms with Gasteiger partial charge >= 0.3 is 0 Å². The normalized spacial score (nSPS) is 11.1. The first-order chi connectivity index (χ1) is 16.8. The number of anilines is 3. The molecule has 0 aliphatic carbocycles. The van der Waals surface area contributed by atoms with E-state index in [1.54, 1.807) is 74.6 Å². The number of methoxy groups -OCH3 is 3. The lowest BCUT2D eigenvalue weighted by atomic mass is 10.1. The maximum absolute atomic E-state index is 12.5. The van der Waals surface area contributed by atoms with Gasteiger partial charge in [-0.25, -0.2) is 9.97 Å². The molecule has 35 heavy (non-hydrogen) atoms. The lowest BCUT2D eigenvalue weighted by Gasteiger charge is -2.15. The third-order valence-electron chi connectivity index (χ3n) is 4.96. The summed E-state index contributed by atoms with van der Waals surface area (Å²) in [6.45, 7) is 0. The van der Waals surface area contributed by atoms with Crippen molar-refractivity contribution in [1.82, 2.24) is 19.5 Å². The number of hydrogen-bond donors (Lipinski definition) is 2. The zero-order valence-corrected chi connectivity index (χ0v) is 20.3. The van der Waals surface area contributed by atoms with Gasteiger partial charge in [-0.05, 0) is 12.1 Å². The molecule has 0 unspecified atom stereocenters. The first kappa shape index (κ1) is 23.8. The fourth-order valence-electron chi connectivity index (χ4n) is 3.31. The molecule has 0 atom stereocenters. The van der Waals surface area contributed by atoms with Crippen LogP contribution < -0.4 is 24.2 Å². The SMILES string of the molecule is COc1cc(Nc2cncc(-c3ccc(NS(=O)(=O)c4cn(C)cn4)cc3)n2)cc(OC)c1OC. The highest BCUT2D eigenvalue weighted by atomic mass is 32.2. The molecule has 11 nitrogen and oxygen atoms in total. The van der Waals surface area contributed by atoms with Crippen LogP contribution in [0.2, 0.25) is 0 Å². The fourth-order valence-corrected chi connectivity index (χ4v) is 4.35. The number of nitrogens with zero attached hydrogens (tertiary/aromatic N) is 4. The highest BCUT2D eigenvalue weighted by Crippen LogP contribution is 2.40. The van der Waals surface area contributed by atoms with Gasteiger partial charge in [0, 0.05) is 42.3 Å². The van der Waals surface area contributed by atoms with Crippen LogP contribution in [0.5, 0.6) is 17.2 Å². The van der Waals surface area contributed by atoms with Gasteiger partial charge in [0.1, 0.15) is 5.82 Å². The summed E-state index contributed by atoms with van der Waals surface area (Å²) in [6, 6.07) is 10.3. The van der Waals surface area contributed by atoms with E-state index >= 15 is 0 Å². The monoisotopic (exact) mass is 496 g/mol. The van der Waals surface area contributed by atoms with E-state index < -0.39 is 10.0 Å². The lowest BCUT2D eigenvalue weighted by Crippen LogP contribution is -2.13. The fraction of sp³-hybridized carbons (Fsp3) is 0.174. The molecular weight excluding hydrogens is 472 g/mol. The zero-order valence-electron chi connectivity index (χ0n) is 19.5. The third kappa shape index (κ3) is 5.27. The second kappa shape index (κ2) is 9.89. The minimum Gasteiger partial charge on any atom is -0.493 e. The largest absolute Gasteiger partial charge is 0.493 e. The number of aryl methyl sites for hydroxylation is 1. The molecule has 2 aromatic heterocycles. The van der Waals surface area contributed by atoms with E-state index in [2.05, 4.69) is 25.0 Å². The molecule has 0 saturated heterocycles. The van der Waals surface area contributed by atoms with Gasteiger partial charge < -0.3 is 24.1 Å². The molecule has 4 aromatic rings. The van der Waals surface area contributed by atoms with Crippen molar-refractivity contribution in [3.05, 3.63) is 61.3 Å². The summed E-state index contributed by atoms with van der Waals surface area (Å²) in [5, 5.41) is 3.13.